The quantitative estimate of drug-likeness (QED) is 0.775. The molecule has 1 fully saturated rings. The SMILES string of the molecule is O=C(CCl)NC(c1cc[nH]n1)(c1cc(Br)ccc1F)C1CC1. The van der Waals surface area contributed by atoms with E-state index >= 15 is 0 Å². The van der Waals surface area contributed by atoms with Crippen LogP contribution in [0.4, 0.5) is 4.39 Å². The van der Waals surface area contributed by atoms with Gasteiger partial charge in [0.2, 0.25) is 5.91 Å². The van der Waals surface area contributed by atoms with Crippen LogP contribution in [-0.4, -0.2) is 22.0 Å². The maximum atomic E-state index is 14.6. The molecule has 1 saturated carbocycles. The topological polar surface area (TPSA) is 57.8 Å². The Balaban J connectivity index is 2.21. The molecule has 7 heteroatoms. The smallest absolute Gasteiger partial charge is 0.235 e. The molecule has 0 saturated heterocycles. The van der Waals surface area contributed by atoms with E-state index < -0.39 is 5.54 Å². The highest BCUT2D eigenvalue weighted by Crippen LogP contribution is 2.50. The van der Waals surface area contributed by atoms with Crippen molar-refractivity contribution in [3.63, 3.8) is 0 Å². The van der Waals surface area contributed by atoms with Crippen molar-refractivity contribution >= 4 is 33.4 Å². The van der Waals surface area contributed by atoms with Crippen LogP contribution in [0, 0.1) is 11.7 Å². The molecule has 0 spiro atoms. The molecular weight excluding hydrogens is 373 g/mol. The molecule has 1 heterocycles. The highest BCUT2D eigenvalue weighted by Gasteiger charge is 2.51. The Morgan fingerprint density at radius 1 is 1.50 bits per heavy atom. The summed E-state index contributed by atoms with van der Waals surface area (Å²) in [5.41, 5.74) is -0.0137. The van der Waals surface area contributed by atoms with Crippen molar-refractivity contribution in [2.45, 2.75) is 18.4 Å². The molecule has 4 nitrogen and oxygen atoms in total. The summed E-state index contributed by atoms with van der Waals surface area (Å²) >= 11 is 9.03. The molecule has 0 radical (unpaired) electrons. The lowest BCUT2D eigenvalue weighted by Gasteiger charge is -2.34. The van der Waals surface area contributed by atoms with Crippen molar-refractivity contribution in [2.24, 2.45) is 5.92 Å². The Kier molecular flexibility index (Phi) is 4.23. The fourth-order valence-electron chi connectivity index (χ4n) is 2.85. The first-order valence-electron chi connectivity index (χ1n) is 6.90. The molecular formula is C15H14BrClFN3O. The monoisotopic (exact) mass is 385 g/mol. The molecule has 1 unspecified atom stereocenters. The molecule has 0 bridgehead atoms. The Hall–Kier alpha value is -1.40. The van der Waals surface area contributed by atoms with Gasteiger partial charge in [0.25, 0.3) is 0 Å². The molecule has 1 aromatic heterocycles. The van der Waals surface area contributed by atoms with Gasteiger partial charge < -0.3 is 5.32 Å². The number of aromatic amines is 1. The minimum absolute atomic E-state index is 0.0896. The second-order valence-corrected chi connectivity index (χ2v) is 6.53. The van der Waals surface area contributed by atoms with Gasteiger partial charge in [0.1, 0.15) is 17.2 Å². The number of rotatable bonds is 5. The fourth-order valence-corrected chi connectivity index (χ4v) is 3.28. The van der Waals surface area contributed by atoms with E-state index in [9.17, 15) is 9.18 Å². The average molecular weight is 387 g/mol. The minimum atomic E-state index is -1.00. The molecule has 1 aliphatic carbocycles. The lowest BCUT2D eigenvalue weighted by Crippen LogP contribution is -2.50. The molecule has 2 aromatic rings. The third-order valence-corrected chi connectivity index (χ3v) is 4.64. The zero-order valence-corrected chi connectivity index (χ0v) is 13.9. The summed E-state index contributed by atoms with van der Waals surface area (Å²) in [4.78, 5) is 12.0. The summed E-state index contributed by atoms with van der Waals surface area (Å²) in [5.74, 6) is -0.829. The molecule has 1 aromatic carbocycles. The predicted molar refractivity (Wildman–Crippen MR) is 85.1 cm³/mol. The Morgan fingerprint density at radius 3 is 2.86 bits per heavy atom. The summed E-state index contributed by atoms with van der Waals surface area (Å²) in [5, 5.41) is 9.88. The van der Waals surface area contributed by atoms with Gasteiger partial charge in [-0.15, -0.1) is 11.6 Å². The molecule has 116 valence electrons. The first-order valence-corrected chi connectivity index (χ1v) is 8.23. The molecule has 0 aliphatic heterocycles. The van der Waals surface area contributed by atoms with E-state index in [4.69, 9.17) is 11.6 Å². The maximum absolute atomic E-state index is 14.6. The Labute approximate surface area is 140 Å². The van der Waals surface area contributed by atoms with Crippen LogP contribution in [0.15, 0.2) is 34.9 Å². The van der Waals surface area contributed by atoms with Gasteiger partial charge >= 0.3 is 0 Å². The zero-order valence-electron chi connectivity index (χ0n) is 11.6. The van der Waals surface area contributed by atoms with Crippen LogP contribution >= 0.6 is 27.5 Å². The van der Waals surface area contributed by atoms with Crippen LogP contribution in [0.1, 0.15) is 24.1 Å². The third kappa shape index (κ3) is 2.65. The second-order valence-electron chi connectivity index (χ2n) is 5.35. The van der Waals surface area contributed by atoms with Crippen LogP contribution in [0.2, 0.25) is 0 Å². The summed E-state index contributed by atoms with van der Waals surface area (Å²) in [6.07, 6.45) is 3.44. The third-order valence-electron chi connectivity index (χ3n) is 3.91. The van der Waals surface area contributed by atoms with E-state index in [2.05, 4.69) is 31.4 Å². The first kappa shape index (κ1) is 15.5. The number of hydrogen-bond donors (Lipinski definition) is 2. The Morgan fingerprint density at radius 2 is 2.27 bits per heavy atom. The van der Waals surface area contributed by atoms with Gasteiger partial charge in [0.15, 0.2) is 0 Å². The van der Waals surface area contributed by atoms with E-state index in [1.165, 1.54) is 6.07 Å². The standard InChI is InChI=1S/C15H14BrClFN3O/c16-10-3-4-12(18)11(7-10)15(9-1-2-9,20-14(22)8-17)13-5-6-19-21-13/h3-7,9H,1-2,8H2,(H,19,21)(H,20,22). The van der Waals surface area contributed by atoms with Crippen molar-refractivity contribution in [3.8, 4) is 0 Å². The first-order chi connectivity index (χ1) is 10.6. The summed E-state index contributed by atoms with van der Waals surface area (Å²) < 4.78 is 15.3. The predicted octanol–water partition coefficient (Wildman–Crippen LogP) is 3.32. The van der Waals surface area contributed by atoms with Crippen molar-refractivity contribution in [2.75, 3.05) is 5.88 Å². The lowest BCUT2D eigenvalue weighted by molar-refractivity contribution is -0.120. The lowest BCUT2D eigenvalue weighted by atomic mass is 9.81. The number of benzene rings is 1. The number of nitrogens with zero attached hydrogens (tertiary/aromatic N) is 1. The van der Waals surface area contributed by atoms with Gasteiger partial charge in [-0.25, -0.2) is 4.39 Å². The molecule has 3 rings (SSSR count). The summed E-state index contributed by atoms with van der Waals surface area (Å²) in [7, 11) is 0. The highest BCUT2D eigenvalue weighted by atomic mass is 79.9. The van der Waals surface area contributed by atoms with Crippen LogP contribution in [0.3, 0.4) is 0 Å². The molecule has 1 atom stereocenters. The normalized spacial score (nSPS) is 17.0. The van der Waals surface area contributed by atoms with Crippen molar-refractivity contribution in [1.29, 1.82) is 0 Å². The number of H-pyrrole nitrogens is 1. The minimum Gasteiger partial charge on any atom is -0.339 e. The van der Waals surface area contributed by atoms with Crippen molar-refractivity contribution < 1.29 is 9.18 Å². The maximum Gasteiger partial charge on any atom is 0.235 e. The average Bonchev–Trinajstić information content (AvgIpc) is 3.22. The number of hydrogen-bond acceptors (Lipinski definition) is 2. The van der Waals surface area contributed by atoms with E-state index in [1.807, 2.05) is 0 Å². The number of halogens is 3. The van der Waals surface area contributed by atoms with E-state index in [0.29, 0.717) is 11.3 Å². The molecule has 1 amide bonds. The number of nitrogens with one attached hydrogen (secondary N) is 2. The fraction of sp³-hybridized carbons (Fsp3) is 0.333. The largest absolute Gasteiger partial charge is 0.339 e. The van der Waals surface area contributed by atoms with Crippen LogP contribution in [-0.2, 0) is 10.3 Å². The van der Waals surface area contributed by atoms with Gasteiger partial charge in [-0.1, -0.05) is 15.9 Å². The number of aromatic nitrogens is 2. The van der Waals surface area contributed by atoms with E-state index in [1.54, 1.807) is 24.4 Å². The second kappa shape index (κ2) is 6.01. The van der Waals surface area contributed by atoms with Gasteiger partial charge in [0.05, 0.1) is 5.69 Å². The van der Waals surface area contributed by atoms with Crippen molar-refractivity contribution in [1.82, 2.24) is 15.5 Å². The molecule has 2 N–H and O–H groups in total. The van der Waals surface area contributed by atoms with Gasteiger partial charge in [-0.3, -0.25) is 9.89 Å². The van der Waals surface area contributed by atoms with E-state index in [-0.39, 0.29) is 23.5 Å². The summed E-state index contributed by atoms with van der Waals surface area (Å²) in [6, 6.07) is 6.46. The Bertz CT molecular complexity index is 690. The summed E-state index contributed by atoms with van der Waals surface area (Å²) in [6.45, 7) is 0. The number of carbonyl (C=O) groups excluding carboxylic acids is 1. The highest BCUT2D eigenvalue weighted by molar-refractivity contribution is 9.10. The van der Waals surface area contributed by atoms with Crippen LogP contribution < -0.4 is 5.32 Å². The zero-order chi connectivity index (χ0) is 15.7. The van der Waals surface area contributed by atoms with Gasteiger partial charge in [-0.05, 0) is 43.0 Å². The number of carbonyl (C=O) groups is 1. The van der Waals surface area contributed by atoms with Gasteiger partial charge in [-0.2, -0.15) is 5.10 Å². The molecule has 22 heavy (non-hydrogen) atoms. The molecule has 1 aliphatic rings. The van der Waals surface area contributed by atoms with Crippen LogP contribution in [0.5, 0.6) is 0 Å². The van der Waals surface area contributed by atoms with E-state index in [0.717, 1.165) is 17.3 Å². The van der Waals surface area contributed by atoms with Crippen molar-refractivity contribution in [3.05, 3.63) is 52.0 Å². The number of amides is 1. The number of alkyl halides is 1. The van der Waals surface area contributed by atoms with Crippen LogP contribution in [0.25, 0.3) is 0 Å². The van der Waals surface area contributed by atoms with Gasteiger partial charge in [0, 0.05) is 16.2 Å².